The van der Waals surface area contributed by atoms with Crippen molar-refractivity contribution in [2.75, 3.05) is 6.61 Å². The molecule has 0 atom stereocenters. The maximum Gasteiger partial charge on any atom is 0.344 e. The van der Waals surface area contributed by atoms with Gasteiger partial charge in [-0.15, -0.1) is 0 Å². The number of sulfone groups is 1. The SMILES string of the molecule is CC(C)(C)OC(=O)COc1cccc2c1S(=O)(=O)C=C2. The molecule has 1 aromatic carbocycles. The summed E-state index contributed by atoms with van der Waals surface area (Å²) in [6, 6.07) is 4.87. The van der Waals surface area contributed by atoms with Crippen molar-refractivity contribution >= 4 is 21.9 Å². The Balaban J connectivity index is 2.14. The quantitative estimate of drug-likeness (QED) is 0.799. The smallest absolute Gasteiger partial charge is 0.344 e. The average molecular weight is 296 g/mol. The van der Waals surface area contributed by atoms with Crippen molar-refractivity contribution in [1.82, 2.24) is 0 Å². The van der Waals surface area contributed by atoms with Gasteiger partial charge in [0.25, 0.3) is 0 Å². The second-order valence-corrected chi connectivity index (χ2v) is 7.17. The lowest BCUT2D eigenvalue weighted by molar-refractivity contribution is -0.157. The summed E-state index contributed by atoms with van der Waals surface area (Å²) in [5.41, 5.74) is -0.0427. The van der Waals surface area contributed by atoms with Gasteiger partial charge in [0.05, 0.1) is 0 Å². The van der Waals surface area contributed by atoms with Crippen LogP contribution in [0.4, 0.5) is 0 Å². The minimum absolute atomic E-state index is 0.101. The Morgan fingerprint density at radius 2 is 1.95 bits per heavy atom. The van der Waals surface area contributed by atoms with E-state index >= 15 is 0 Å². The number of benzene rings is 1. The molecule has 0 spiro atoms. The van der Waals surface area contributed by atoms with Gasteiger partial charge in [0.15, 0.2) is 6.61 Å². The molecule has 1 aliphatic heterocycles. The number of hydrogen-bond donors (Lipinski definition) is 0. The summed E-state index contributed by atoms with van der Waals surface area (Å²) in [5.74, 6) is -0.378. The Bertz CT molecular complexity index is 665. The summed E-state index contributed by atoms with van der Waals surface area (Å²) in [7, 11) is -3.48. The predicted octanol–water partition coefficient (Wildman–Crippen LogP) is 2.17. The first-order valence-corrected chi connectivity index (χ1v) is 7.64. The van der Waals surface area contributed by atoms with Crippen molar-refractivity contribution in [1.29, 1.82) is 0 Å². The van der Waals surface area contributed by atoms with Crippen molar-refractivity contribution in [2.24, 2.45) is 0 Å². The van der Waals surface area contributed by atoms with E-state index in [0.29, 0.717) is 5.56 Å². The molecule has 0 fully saturated rings. The highest BCUT2D eigenvalue weighted by atomic mass is 32.2. The molecule has 6 heteroatoms. The number of carbonyl (C=O) groups excluding carboxylic acids is 1. The third kappa shape index (κ3) is 3.19. The van der Waals surface area contributed by atoms with Gasteiger partial charge in [-0.25, -0.2) is 13.2 Å². The molecule has 20 heavy (non-hydrogen) atoms. The zero-order valence-electron chi connectivity index (χ0n) is 11.5. The molecule has 5 nitrogen and oxygen atoms in total. The monoisotopic (exact) mass is 296 g/mol. The summed E-state index contributed by atoms with van der Waals surface area (Å²) in [4.78, 5) is 11.7. The predicted molar refractivity (Wildman–Crippen MR) is 74.0 cm³/mol. The summed E-state index contributed by atoms with van der Waals surface area (Å²) >= 11 is 0. The van der Waals surface area contributed by atoms with Gasteiger partial charge in [0.1, 0.15) is 16.2 Å². The standard InChI is InChI=1S/C14H16O5S/c1-14(2,3)19-12(15)9-18-11-6-4-5-10-7-8-20(16,17)13(10)11/h4-8H,9H2,1-3H3. The summed E-state index contributed by atoms with van der Waals surface area (Å²) in [5, 5.41) is 1.12. The third-order valence-corrected chi connectivity index (χ3v) is 3.99. The maximum atomic E-state index is 11.9. The highest BCUT2D eigenvalue weighted by Crippen LogP contribution is 2.34. The van der Waals surface area contributed by atoms with Gasteiger partial charge < -0.3 is 9.47 Å². The molecule has 0 unspecified atom stereocenters. The Kier molecular flexibility index (Phi) is 3.60. The molecule has 1 aromatic rings. The Labute approximate surface area is 118 Å². The fourth-order valence-corrected chi connectivity index (χ4v) is 3.15. The summed E-state index contributed by atoms with van der Waals surface area (Å²) in [6.45, 7) is 4.92. The number of hydrogen-bond acceptors (Lipinski definition) is 5. The molecular formula is C14H16O5S. The number of carbonyl (C=O) groups is 1. The Morgan fingerprint density at radius 3 is 2.60 bits per heavy atom. The average Bonchev–Trinajstić information content (AvgIpc) is 2.61. The first kappa shape index (κ1) is 14.6. The lowest BCUT2D eigenvalue weighted by Crippen LogP contribution is -2.27. The van der Waals surface area contributed by atoms with Crippen LogP contribution in [0.2, 0.25) is 0 Å². The topological polar surface area (TPSA) is 69.7 Å². The van der Waals surface area contributed by atoms with E-state index in [4.69, 9.17) is 9.47 Å². The molecule has 1 heterocycles. The zero-order valence-corrected chi connectivity index (χ0v) is 12.4. The van der Waals surface area contributed by atoms with Crippen LogP contribution in [0.25, 0.3) is 6.08 Å². The van der Waals surface area contributed by atoms with E-state index in [1.165, 1.54) is 12.1 Å². The van der Waals surface area contributed by atoms with Crippen molar-refractivity contribution in [3.8, 4) is 5.75 Å². The second kappa shape index (κ2) is 4.94. The fourth-order valence-electron chi connectivity index (χ4n) is 1.82. The van der Waals surface area contributed by atoms with Crippen LogP contribution in [0.5, 0.6) is 5.75 Å². The number of ether oxygens (including phenoxy) is 2. The van der Waals surface area contributed by atoms with Crippen LogP contribution in [0, 0.1) is 0 Å². The molecular weight excluding hydrogens is 280 g/mol. The number of esters is 1. The number of fused-ring (bicyclic) bond motifs is 1. The molecule has 0 aromatic heterocycles. The minimum atomic E-state index is -3.48. The van der Waals surface area contributed by atoms with Gasteiger partial charge >= 0.3 is 5.97 Å². The van der Waals surface area contributed by atoms with Crippen LogP contribution in [0.15, 0.2) is 28.5 Å². The van der Waals surface area contributed by atoms with Crippen LogP contribution < -0.4 is 4.74 Å². The van der Waals surface area contributed by atoms with E-state index in [0.717, 1.165) is 5.41 Å². The van der Waals surface area contributed by atoms with E-state index in [1.807, 2.05) is 0 Å². The molecule has 1 aliphatic rings. The van der Waals surface area contributed by atoms with Crippen molar-refractivity contribution in [3.63, 3.8) is 0 Å². The molecule has 0 amide bonds. The first-order valence-electron chi connectivity index (χ1n) is 6.10. The van der Waals surface area contributed by atoms with E-state index in [-0.39, 0.29) is 17.3 Å². The maximum absolute atomic E-state index is 11.9. The van der Waals surface area contributed by atoms with Crippen molar-refractivity contribution < 1.29 is 22.7 Å². The number of rotatable bonds is 3. The molecule has 108 valence electrons. The van der Waals surface area contributed by atoms with Crippen LogP contribution in [-0.2, 0) is 19.4 Å². The largest absolute Gasteiger partial charge is 0.480 e. The molecule has 0 saturated carbocycles. The van der Waals surface area contributed by atoms with Gasteiger partial charge in [-0.2, -0.15) is 0 Å². The summed E-state index contributed by atoms with van der Waals surface area (Å²) < 4.78 is 34.1. The van der Waals surface area contributed by atoms with Crippen LogP contribution in [-0.4, -0.2) is 26.6 Å². The lowest BCUT2D eigenvalue weighted by Gasteiger charge is -2.19. The van der Waals surface area contributed by atoms with Crippen LogP contribution >= 0.6 is 0 Å². The van der Waals surface area contributed by atoms with Gasteiger partial charge in [-0.3, -0.25) is 0 Å². The van der Waals surface area contributed by atoms with Crippen LogP contribution in [0.1, 0.15) is 26.3 Å². The molecule has 0 saturated heterocycles. The van der Waals surface area contributed by atoms with Gasteiger partial charge in [0.2, 0.25) is 9.84 Å². The van der Waals surface area contributed by atoms with Gasteiger partial charge in [-0.05, 0) is 38.5 Å². The van der Waals surface area contributed by atoms with Crippen molar-refractivity contribution in [3.05, 3.63) is 29.2 Å². The van der Waals surface area contributed by atoms with Crippen LogP contribution in [0.3, 0.4) is 0 Å². The Morgan fingerprint density at radius 1 is 1.25 bits per heavy atom. The molecule has 0 aliphatic carbocycles. The van der Waals surface area contributed by atoms with Gasteiger partial charge in [-0.1, -0.05) is 12.1 Å². The van der Waals surface area contributed by atoms with Crippen molar-refractivity contribution in [2.45, 2.75) is 31.3 Å². The fraction of sp³-hybridized carbons (Fsp3) is 0.357. The molecule has 0 N–H and O–H groups in total. The Hall–Kier alpha value is -1.82. The zero-order chi connectivity index (χ0) is 15.0. The molecule has 0 radical (unpaired) electrons. The van der Waals surface area contributed by atoms with E-state index in [9.17, 15) is 13.2 Å². The molecule has 2 rings (SSSR count). The molecule has 0 bridgehead atoms. The van der Waals surface area contributed by atoms with E-state index in [2.05, 4.69) is 0 Å². The summed E-state index contributed by atoms with van der Waals surface area (Å²) in [6.07, 6.45) is 1.50. The van der Waals surface area contributed by atoms with E-state index < -0.39 is 21.4 Å². The highest BCUT2D eigenvalue weighted by Gasteiger charge is 2.26. The lowest BCUT2D eigenvalue weighted by atomic mass is 10.2. The van der Waals surface area contributed by atoms with Gasteiger partial charge in [0, 0.05) is 5.41 Å². The third-order valence-electron chi connectivity index (χ3n) is 2.49. The van der Waals surface area contributed by atoms with E-state index in [1.54, 1.807) is 32.9 Å². The first-order chi connectivity index (χ1) is 9.19. The highest BCUT2D eigenvalue weighted by molar-refractivity contribution is 7.95. The minimum Gasteiger partial charge on any atom is -0.480 e. The normalized spacial score (nSPS) is 15.8. The second-order valence-electron chi connectivity index (χ2n) is 5.40.